The van der Waals surface area contributed by atoms with Crippen molar-refractivity contribution >= 4 is 34.2 Å². The van der Waals surface area contributed by atoms with Crippen LogP contribution >= 0.6 is 11.6 Å². The van der Waals surface area contributed by atoms with Crippen molar-refractivity contribution in [1.29, 1.82) is 0 Å². The SMILES string of the molecule is CCCc1cc(NC(=O)c2cc(=O)[nH]c3ccc(Cl)cc23)n[nH]1. The second kappa shape index (κ2) is 6.26. The van der Waals surface area contributed by atoms with Gasteiger partial charge >= 0.3 is 0 Å². The van der Waals surface area contributed by atoms with Crippen LogP contribution in [-0.4, -0.2) is 21.1 Å². The number of aromatic nitrogens is 3. The summed E-state index contributed by atoms with van der Waals surface area (Å²) in [7, 11) is 0. The summed E-state index contributed by atoms with van der Waals surface area (Å²) in [5, 5.41) is 10.7. The highest BCUT2D eigenvalue weighted by Gasteiger charge is 2.14. The molecular formula is C16H15ClN4O2. The van der Waals surface area contributed by atoms with Gasteiger partial charge in [0.05, 0.1) is 5.56 Å². The fourth-order valence-electron chi connectivity index (χ4n) is 2.42. The van der Waals surface area contributed by atoms with E-state index >= 15 is 0 Å². The summed E-state index contributed by atoms with van der Waals surface area (Å²) in [4.78, 5) is 26.9. The molecule has 6 nitrogen and oxygen atoms in total. The number of hydrogen-bond acceptors (Lipinski definition) is 3. The van der Waals surface area contributed by atoms with E-state index < -0.39 is 5.91 Å². The number of rotatable bonds is 4. The number of nitrogens with one attached hydrogen (secondary N) is 3. The van der Waals surface area contributed by atoms with Gasteiger partial charge in [-0.3, -0.25) is 14.7 Å². The molecule has 1 aromatic carbocycles. The van der Waals surface area contributed by atoms with E-state index in [1.807, 2.05) is 0 Å². The molecule has 0 spiro atoms. The molecular weight excluding hydrogens is 316 g/mol. The first kappa shape index (κ1) is 15.3. The second-order valence-corrected chi connectivity index (χ2v) is 5.66. The van der Waals surface area contributed by atoms with Gasteiger partial charge in [-0.25, -0.2) is 0 Å². The van der Waals surface area contributed by atoms with Gasteiger partial charge in [0, 0.05) is 33.8 Å². The molecule has 0 aliphatic rings. The summed E-state index contributed by atoms with van der Waals surface area (Å²) in [6.07, 6.45) is 1.83. The number of halogens is 1. The molecule has 2 aromatic heterocycles. The largest absolute Gasteiger partial charge is 0.322 e. The molecule has 0 fully saturated rings. The van der Waals surface area contributed by atoms with E-state index in [-0.39, 0.29) is 11.1 Å². The highest BCUT2D eigenvalue weighted by Crippen LogP contribution is 2.21. The Morgan fingerprint density at radius 1 is 1.30 bits per heavy atom. The van der Waals surface area contributed by atoms with Crippen LogP contribution in [0.25, 0.3) is 10.9 Å². The molecule has 3 rings (SSSR count). The molecule has 0 aliphatic carbocycles. The van der Waals surface area contributed by atoms with Crippen LogP contribution in [0.1, 0.15) is 29.4 Å². The molecule has 0 bridgehead atoms. The number of nitrogens with zero attached hydrogens (tertiary/aromatic N) is 1. The molecule has 23 heavy (non-hydrogen) atoms. The third-order valence-corrected chi connectivity index (χ3v) is 3.68. The minimum atomic E-state index is -0.405. The number of carbonyl (C=O) groups excluding carboxylic acids is 1. The molecule has 0 unspecified atom stereocenters. The second-order valence-electron chi connectivity index (χ2n) is 5.22. The summed E-state index contributed by atoms with van der Waals surface area (Å²) in [5.74, 6) is 0.0202. The Morgan fingerprint density at radius 2 is 2.13 bits per heavy atom. The third kappa shape index (κ3) is 3.27. The number of H-pyrrole nitrogens is 2. The topological polar surface area (TPSA) is 90.6 Å². The average molecular weight is 331 g/mol. The van der Waals surface area contributed by atoms with E-state index in [9.17, 15) is 9.59 Å². The van der Waals surface area contributed by atoms with Gasteiger partial charge in [-0.05, 0) is 24.6 Å². The van der Waals surface area contributed by atoms with E-state index in [4.69, 9.17) is 11.6 Å². The molecule has 3 aromatic rings. The zero-order chi connectivity index (χ0) is 16.4. The molecule has 118 valence electrons. The van der Waals surface area contributed by atoms with Crippen molar-refractivity contribution in [1.82, 2.24) is 15.2 Å². The predicted octanol–water partition coefficient (Wildman–Crippen LogP) is 3.11. The standard InChI is InChI=1S/C16H15ClN4O2/c1-2-3-10-7-14(21-20-10)19-16(23)12-8-15(22)18-13-5-4-9(17)6-11(12)13/h4-8H,2-3H2,1H3,(H,18,22)(H2,19,20,21,23). The lowest BCUT2D eigenvalue weighted by Crippen LogP contribution is -2.17. The van der Waals surface area contributed by atoms with Crippen molar-refractivity contribution < 1.29 is 4.79 Å². The molecule has 0 aliphatic heterocycles. The van der Waals surface area contributed by atoms with Crippen molar-refractivity contribution in [3.8, 4) is 0 Å². The first-order valence-electron chi connectivity index (χ1n) is 7.25. The molecule has 0 radical (unpaired) electrons. The van der Waals surface area contributed by atoms with Gasteiger partial charge in [-0.15, -0.1) is 0 Å². The molecule has 3 N–H and O–H groups in total. The van der Waals surface area contributed by atoms with E-state index in [0.717, 1.165) is 18.5 Å². The van der Waals surface area contributed by atoms with Crippen molar-refractivity contribution in [2.45, 2.75) is 19.8 Å². The monoisotopic (exact) mass is 330 g/mol. The summed E-state index contributed by atoms with van der Waals surface area (Å²) in [5.41, 5.74) is 1.41. The van der Waals surface area contributed by atoms with E-state index in [0.29, 0.717) is 21.7 Å². The number of aromatic amines is 2. The smallest absolute Gasteiger partial charge is 0.257 e. The predicted molar refractivity (Wildman–Crippen MR) is 90.1 cm³/mol. The van der Waals surface area contributed by atoms with Crippen LogP contribution in [0.2, 0.25) is 5.02 Å². The Labute approximate surface area is 136 Å². The van der Waals surface area contributed by atoms with Gasteiger partial charge in [-0.2, -0.15) is 5.10 Å². The third-order valence-electron chi connectivity index (χ3n) is 3.44. The summed E-state index contributed by atoms with van der Waals surface area (Å²) in [6, 6.07) is 8.02. The molecule has 0 atom stereocenters. The molecule has 0 saturated carbocycles. The van der Waals surface area contributed by atoms with Crippen molar-refractivity contribution in [3.05, 3.63) is 57.0 Å². The Morgan fingerprint density at radius 3 is 2.91 bits per heavy atom. The number of aryl methyl sites for hydroxylation is 1. The molecule has 7 heteroatoms. The van der Waals surface area contributed by atoms with E-state index in [1.165, 1.54) is 6.07 Å². The average Bonchev–Trinajstić information content (AvgIpc) is 2.94. The molecule has 1 amide bonds. The van der Waals surface area contributed by atoms with Gasteiger partial charge in [0.15, 0.2) is 5.82 Å². The number of carbonyl (C=O) groups is 1. The minimum Gasteiger partial charge on any atom is -0.322 e. The maximum Gasteiger partial charge on any atom is 0.257 e. The van der Waals surface area contributed by atoms with Gasteiger partial charge in [0.25, 0.3) is 5.91 Å². The summed E-state index contributed by atoms with van der Waals surface area (Å²) in [6.45, 7) is 2.06. The van der Waals surface area contributed by atoms with Gasteiger partial charge in [0.2, 0.25) is 5.56 Å². The molecule has 2 heterocycles. The summed E-state index contributed by atoms with van der Waals surface area (Å²) < 4.78 is 0. The fourth-order valence-corrected chi connectivity index (χ4v) is 2.59. The molecule has 0 saturated heterocycles. The number of fused-ring (bicyclic) bond motifs is 1. The van der Waals surface area contributed by atoms with Gasteiger partial charge in [0.1, 0.15) is 0 Å². The van der Waals surface area contributed by atoms with Crippen molar-refractivity contribution in [2.75, 3.05) is 5.32 Å². The van der Waals surface area contributed by atoms with Crippen LogP contribution < -0.4 is 10.9 Å². The van der Waals surface area contributed by atoms with E-state index in [1.54, 1.807) is 24.3 Å². The van der Waals surface area contributed by atoms with Crippen LogP contribution in [0.5, 0.6) is 0 Å². The number of amides is 1. The Hall–Kier alpha value is -2.60. The van der Waals surface area contributed by atoms with Crippen molar-refractivity contribution in [2.24, 2.45) is 0 Å². The quantitative estimate of drug-likeness (QED) is 0.686. The summed E-state index contributed by atoms with van der Waals surface area (Å²) >= 11 is 5.99. The van der Waals surface area contributed by atoms with Gasteiger partial charge < -0.3 is 10.3 Å². The maximum absolute atomic E-state index is 12.5. The normalized spacial score (nSPS) is 10.9. The fraction of sp³-hybridized carbons (Fsp3) is 0.188. The maximum atomic E-state index is 12.5. The highest BCUT2D eigenvalue weighted by atomic mass is 35.5. The van der Waals surface area contributed by atoms with Crippen molar-refractivity contribution in [3.63, 3.8) is 0 Å². The Bertz CT molecular complexity index is 929. The number of hydrogen-bond donors (Lipinski definition) is 3. The van der Waals surface area contributed by atoms with Crippen LogP contribution in [0.15, 0.2) is 35.1 Å². The van der Waals surface area contributed by atoms with Crippen LogP contribution in [-0.2, 0) is 6.42 Å². The minimum absolute atomic E-state index is 0.256. The Balaban J connectivity index is 1.96. The number of benzene rings is 1. The zero-order valence-corrected chi connectivity index (χ0v) is 13.2. The van der Waals surface area contributed by atoms with Crippen LogP contribution in [0.4, 0.5) is 5.82 Å². The lowest BCUT2D eigenvalue weighted by molar-refractivity contribution is 0.102. The van der Waals surface area contributed by atoms with E-state index in [2.05, 4.69) is 27.4 Å². The first-order valence-corrected chi connectivity index (χ1v) is 7.63. The zero-order valence-electron chi connectivity index (χ0n) is 12.4. The number of pyridine rings is 1. The highest BCUT2D eigenvalue weighted by molar-refractivity contribution is 6.31. The lowest BCUT2D eigenvalue weighted by Gasteiger charge is -2.06. The Kier molecular flexibility index (Phi) is 4.16. The van der Waals surface area contributed by atoms with Crippen LogP contribution in [0, 0.1) is 0 Å². The lowest BCUT2D eigenvalue weighted by atomic mass is 10.1. The first-order chi connectivity index (χ1) is 11.1. The number of anilines is 1. The van der Waals surface area contributed by atoms with Gasteiger partial charge in [-0.1, -0.05) is 24.9 Å². The van der Waals surface area contributed by atoms with Crippen LogP contribution in [0.3, 0.4) is 0 Å².